The molecule has 140 valence electrons. The maximum Gasteiger partial charge on any atom is 0.244 e. The Balaban J connectivity index is 1.65. The van der Waals surface area contributed by atoms with Crippen LogP contribution in [0.1, 0.15) is 11.1 Å². The highest BCUT2D eigenvalue weighted by Crippen LogP contribution is 2.36. The molecule has 27 heavy (non-hydrogen) atoms. The first kappa shape index (κ1) is 18.5. The van der Waals surface area contributed by atoms with Crippen LogP contribution in [0.3, 0.4) is 0 Å². The summed E-state index contributed by atoms with van der Waals surface area (Å²) in [5.74, 6) is 0.139. The fraction of sp³-hybridized carbons (Fsp3) is 0.167. The van der Waals surface area contributed by atoms with Gasteiger partial charge in [0, 0.05) is 5.56 Å². The average molecular weight is 386 g/mol. The minimum Gasteiger partial charge on any atom is -0.502 e. The number of anilines is 1. The highest BCUT2D eigenvalue weighted by Gasteiger charge is 2.10. The molecule has 3 rings (SSSR count). The fourth-order valence-corrected chi connectivity index (χ4v) is 3.29. The summed E-state index contributed by atoms with van der Waals surface area (Å²) < 4.78 is 11.1. The molecule has 0 atom stereocenters. The van der Waals surface area contributed by atoms with Gasteiger partial charge in [0.05, 0.1) is 37.1 Å². The summed E-state index contributed by atoms with van der Waals surface area (Å²) in [6.45, 7) is 0. The zero-order chi connectivity index (χ0) is 19.4. The number of phenolic OH excluding ortho intramolecular Hbond substituents is 1. The van der Waals surface area contributed by atoms with Crippen molar-refractivity contribution in [3.63, 3.8) is 0 Å². The van der Waals surface area contributed by atoms with Crippen LogP contribution < -0.4 is 20.6 Å². The van der Waals surface area contributed by atoms with Crippen LogP contribution in [-0.4, -0.2) is 36.4 Å². The largest absolute Gasteiger partial charge is 0.502 e. The number of methoxy groups -OCH3 is 2. The predicted octanol–water partition coefficient (Wildman–Crippen LogP) is 2.29. The summed E-state index contributed by atoms with van der Waals surface area (Å²) in [7, 11) is 2.87. The fourth-order valence-electron chi connectivity index (χ4n) is 2.49. The number of carbonyl (C=O) groups is 1. The van der Waals surface area contributed by atoms with E-state index in [9.17, 15) is 9.90 Å². The van der Waals surface area contributed by atoms with E-state index in [1.165, 1.54) is 31.8 Å². The molecule has 0 radical (unpaired) electrons. The number of hydrazone groups is 1. The second-order valence-electron chi connectivity index (χ2n) is 5.60. The Kier molecular flexibility index (Phi) is 5.41. The van der Waals surface area contributed by atoms with Crippen LogP contribution in [-0.2, 0) is 11.2 Å². The monoisotopic (exact) mass is 386 g/mol. The molecular weight excluding hydrogens is 368 g/mol. The van der Waals surface area contributed by atoms with Crippen LogP contribution in [0, 0.1) is 0 Å². The SMILES string of the molecule is COc1cc(/C=N\NC(=O)Cc2ccc3nc(N)sc3c2)cc(OC)c1O. The van der Waals surface area contributed by atoms with Crippen LogP contribution in [0.4, 0.5) is 5.13 Å². The summed E-state index contributed by atoms with van der Waals surface area (Å²) in [5, 5.41) is 14.3. The van der Waals surface area contributed by atoms with E-state index in [2.05, 4.69) is 15.5 Å². The van der Waals surface area contributed by atoms with Gasteiger partial charge in [0.15, 0.2) is 16.6 Å². The van der Waals surface area contributed by atoms with Crippen molar-refractivity contribution in [1.29, 1.82) is 0 Å². The molecule has 8 nitrogen and oxygen atoms in total. The number of nitrogens with zero attached hydrogens (tertiary/aromatic N) is 2. The number of ether oxygens (including phenoxy) is 2. The van der Waals surface area contributed by atoms with E-state index in [1.54, 1.807) is 12.1 Å². The van der Waals surface area contributed by atoms with E-state index >= 15 is 0 Å². The first-order chi connectivity index (χ1) is 13.0. The van der Waals surface area contributed by atoms with E-state index in [-0.39, 0.29) is 29.6 Å². The number of thiazole rings is 1. The van der Waals surface area contributed by atoms with E-state index in [4.69, 9.17) is 15.2 Å². The van der Waals surface area contributed by atoms with Gasteiger partial charge in [-0.2, -0.15) is 5.10 Å². The Morgan fingerprint density at radius 2 is 2.00 bits per heavy atom. The number of aromatic hydroxyl groups is 1. The molecule has 0 saturated carbocycles. The van der Waals surface area contributed by atoms with Crippen molar-refractivity contribution >= 4 is 38.8 Å². The third-order valence-corrected chi connectivity index (χ3v) is 4.59. The van der Waals surface area contributed by atoms with Crippen molar-refractivity contribution in [2.45, 2.75) is 6.42 Å². The van der Waals surface area contributed by atoms with Crippen molar-refractivity contribution in [3.8, 4) is 17.2 Å². The van der Waals surface area contributed by atoms with E-state index in [1.807, 2.05) is 18.2 Å². The molecule has 0 bridgehead atoms. The molecule has 0 aliphatic carbocycles. The standard InChI is InChI=1S/C18H18N4O4S/c1-25-13-5-11(6-14(26-2)17(13)24)9-20-22-16(23)8-10-3-4-12-15(7-10)27-18(19)21-12/h3-7,9,24H,8H2,1-2H3,(H2,19,21)(H,22,23)/b20-9-. The number of nitrogens with one attached hydrogen (secondary N) is 1. The van der Waals surface area contributed by atoms with Gasteiger partial charge in [-0.15, -0.1) is 0 Å². The lowest BCUT2D eigenvalue weighted by molar-refractivity contribution is -0.120. The normalized spacial score (nSPS) is 11.0. The number of amides is 1. The molecule has 4 N–H and O–H groups in total. The number of hydrogen-bond acceptors (Lipinski definition) is 8. The summed E-state index contributed by atoms with van der Waals surface area (Å²) in [4.78, 5) is 16.3. The van der Waals surface area contributed by atoms with E-state index < -0.39 is 0 Å². The van der Waals surface area contributed by atoms with E-state index in [0.29, 0.717) is 10.7 Å². The molecule has 0 aliphatic heterocycles. The second-order valence-corrected chi connectivity index (χ2v) is 6.66. The summed E-state index contributed by atoms with van der Waals surface area (Å²) in [5.41, 5.74) is 10.4. The third-order valence-electron chi connectivity index (χ3n) is 3.74. The van der Waals surface area contributed by atoms with Gasteiger partial charge < -0.3 is 20.3 Å². The van der Waals surface area contributed by atoms with Gasteiger partial charge in [0.1, 0.15) is 0 Å². The molecule has 0 unspecified atom stereocenters. The van der Waals surface area contributed by atoms with Crippen molar-refractivity contribution in [2.75, 3.05) is 20.0 Å². The Bertz CT molecular complexity index is 991. The van der Waals surface area contributed by atoms with Gasteiger partial charge in [0.2, 0.25) is 11.7 Å². The molecule has 1 heterocycles. The number of benzene rings is 2. The molecule has 0 spiro atoms. The van der Waals surface area contributed by atoms with Gasteiger partial charge in [-0.3, -0.25) is 4.79 Å². The van der Waals surface area contributed by atoms with Crippen molar-refractivity contribution in [3.05, 3.63) is 41.5 Å². The average Bonchev–Trinajstić information content (AvgIpc) is 3.02. The lowest BCUT2D eigenvalue weighted by Crippen LogP contribution is -2.19. The maximum atomic E-state index is 12.1. The molecule has 0 fully saturated rings. The molecule has 0 aliphatic rings. The number of phenols is 1. The predicted molar refractivity (Wildman–Crippen MR) is 105 cm³/mol. The molecule has 1 amide bonds. The summed E-state index contributed by atoms with van der Waals surface area (Å²) >= 11 is 1.38. The molecular formula is C18H18N4O4S. The number of nitrogens with two attached hydrogens (primary N) is 1. The van der Waals surface area contributed by atoms with Crippen LogP contribution in [0.25, 0.3) is 10.2 Å². The van der Waals surface area contributed by atoms with Gasteiger partial charge in [-0.1, -0.05) is 17.4 Å². The Morgan fingerprint density at radius 3 is 2.67 bits per heavy atom. The summed E-state index contributed by atoms with van der Waals surface area (Å²) in [6.07, 6.45) is 1.61. The zero-order valence-corrected chi connectivity index (χ0v) is 15.5. The molecule has 1 aromatic heterocycles. The number of nitrogen functional groups attached to an aromatic ring is 1. The number of hydrogen-bond donors (Lipinski definition) is 3. The zero-order valence-electron chi connectivity index (χ0n) is 14.7. The summed E-state index contributed by atoms with van der Waals surface area (Å²) in [6, 6.07) is 8.72. The minimum atomic E-state index is -0.263. The highest BCUT2D eigenvalue weighted by molar-refractivity contribution is 7.22. The first-order valence-corrected chi connectivity index (χ1v) is 8.73. The molecule has 2 aromatic carbocycles. The van der Waals surface area contributed by atoms with E-state index in [0.717, 1.165) is 15.8 Å². The van der Waals surface area contributed by atoms with Crippen molar-refractivity contribution < 1.29 is 19.4 Å². The van der Waals surface area contributed by atoms with Crippen LogP contribution >= 0.6 is 11.3 Å². The minimum absolute atomic E-state index is 0.0970. The molecule has 0 saturated heterocycles. The number of rotatable bonds is 6. The first-order valence-electron chi connectivity index (χ1n) is 7.92. The lowest BCUT2D eigenvalue weighted by Gasteiger charge is -2.09. The van der Waals surface area contributed by atoms with Gasteiger partial charge in [-0.05, 0) is 29.8 Å². The Labute approximate surface area is 159 Å². The number of carbonyl (C=O) groups excluding carboxylic acids is 1. The topological polar surface area (TPSA) is 119 Å². The Morgan fingerprint density at radius 1 is 1.30 bits per heavy atom. The maximum absolute atomic E-state index is 12.1. The van der Waals surface area contributed by atoms with Crippen molar-refractivity contribution in [2.24, 2.45) is 5.10 Å². The molecule has 9 heteroatoms. The lowest BCUT2D eigenvalue weighted by atomic mass is 10.1. The smallest absolute Gasteiger partial charge is 0.244 e. The van der Waals surface area contributed by atoms with Gasteiger partial charge in [0.25, 0.3) is 0 Å². The number of fused-ring (bicyclic) bond motifs is 1. The van der Waals surface area contributed by atoms with Crippen molar-refractivity contribution in [1.82, 2.24) is 10.4 Å². The van der Waals surface area contributed by atoms with Crippen LogP contribution in [0.15, 0.2) is 35.4 Å². The Hall–Kier alpha value is -3.33. The van der Waals surface area contributed by atoms with Crippen LogP contribution in [0.2, 0.25) is 0 Å². The van der Waals surface area contributed by atoms with Gasteiger partial charge >= 0.3 is 0 Å². The highest BCUT2D eigenvalue weighted by atomic mass is 32.1. The van der Waals surface area contributed by atoms with Gasteiger partial charge in [-0.25, -0.2) is 10.4 Å². The molecule has 3 aromatic rings. The van der Waals surface area contributed by atoms with Crippen LogP contribution in [0.5, 0.6) is 17.2 Å². The second kappa shape index (κ2) is 7.92. The number of aromatic nitrogens is 1. The quantitative estimate of drug-likeness (QED) is 0.442. The third kappa shape index (κ3) is 4.26.